The van der Waals surface area contributed by atoms with Crippen LogP contribution in [0.15, 0.2) is 25.3 Å². The van der Waals surface area contributed by atoms with E-state index in [9.17, 15) is 28.8 Å². The van der Waals surface area contributed by atoms with Gasteiger partial charge >= 0.3 is 35.7 Å². The Morgan fingerprint density at radius 1 is 0.625 bits per heavy atom. The van der Waals surface area contributed by atoms with Gasteiger partial charge in [-0.1, -0.05) is 13.2 Å². The van der Waals surface area contributed by atoms with Crippen molar-refractivity contribution in [2.75, 3.05) is 53.6 Å². The largest absolute Gasteiger partial charge is 0.459 e. The topological polar surface area (TPSA) is 146 Å². The maximum Gasteiger partial charge on any atom is 0.397 e. The standard InChI is InChI=1S/C20H28N2O10/c1-5-15(23)29-11-13-31-19(27)17(25)21(3)9-7-8-10-22(4)18(26)20(28)32-14-12-30-16(24)6-2/h5-6H,1-2,7-14H2,3-4H3. The minimum atomic E-state index is -1.09. The molecule has 0 saturated heterocycles. The molecule has 12 heteroatoms. The molecule has 2 amide bonds. The third-order valence-corrected chi connectivity index (χ3v) is 3.73. The fourth-order valence-corrected chi connectivity index (χ4v) is 2.01. The van der Waals surface area contributed by atoms with Gasteiger partial charge in [0.15, 0.2) is 0 Å². The van der Waals surface area contributed by atoms with E-state index in [4.69, 9.17) is 9.47 Å². The van der Waals surface area contributed by atoms with E-state index in [1.165, 1.54) is 14.1 Å². The molecule has 12 nitrogen and oxygen atoms in total. The SMILES string of the molecule is C=CC(=O)OCCOC(=O)C(=O)N(C)CCCCN(C)C(=O)C(=O)OCCOC(=O)C=C. The zero-order chi connectivity index (χ0) is 24.5. The number of ether oxygens (including phenoxy) is 4. The normalized spacial score (nSPS) is 9.69. The van der Waals surface area contributed by atoms with Crippen LogP contribution in [0.5, 0.6) is 0 Å². The van der Waals surface area contributed by atoms with Gasteiger partial charge < -0.3 is 28.7 Å². The van der Waals surface area contributed by atoms with Crippen LogP contribution in [0.25, 0.3) is 0 Å². The summed E-state index contributed by atoms with van der Waals surface area (Å²) >= 11 is 0. The number of hydrogen-bond donors (Lipinski definition) is 0. The molecule has 0 aromatic rings. The summed E-state index contributed by atoms with van der Waals surface area (Å²) in [5, 5.41) is 0. The van der Waals surface area contributed by atoms with Gasteiger partial charge in [0.25, 0.3) is 0 Å². The Labute approximate surface area is 185 Å². The summed E-state index contributed by atoms with van der Waals surface area (Å²) in [6.45, 7) is 5.91. The van der Waals surface area contributed by atoms with Crippen molar-refractivity contribution >= 4 is 35.7 Å². The number of amides is 2. The van der Waals surface area contributed by atoms with Crippen molar-refractivity contribution in [3.63, 3.8) is 0 Å². The molecule has 0 bridgehead atoms. The van der Waals surface area contributed by atoms with Gasteiger partial charge in [-0.2, -0.15) is 0 Å². The average molecular weight is 456 g/mol. The van der Waals surface area contributed by atoms with Crippen LogP contribution in [0.4, 0.5) is 0 Å². The van der Waals surface area contributed by atoms with E-state index in [0.29, 0.717) is 12.8 Å². The maximum absolute atomic E-state index is 11.9. The van der Waals surface area contributed by atoms with Crippen LogP contribution in [0.2, 0.25) is 0 Å². The predicted octanol–water partition coefficient (Wildman–Crippen LogP) is -0.772. The monoisotopic (exact) mass is 456 g/mol. The lowest BCUT2D eigenvalue weighted by molar-refractivity contribution is -0.161. The van der Waals surface area contributed by atoms with Crippen LogP contribution in [0.3, 0.4) is 0 Å². The molecular formula is C20H28N2O10. The maximum atomic E-state index is 11.9. The quantitative estimate of drug-likeness (QED) is 0.114. The molecule has 0 radical (unpaired) electrons. The zero-order valence-electron chi connectivity index (χ0n) is 18.2. The molecule has 178 valence electrons. The summed E-state index contributed by atoms with van der Waals surface area (Å²) < 4.78 is 18.6. The number of nitrogens with zero attached hydrogens (tertiary/aromatic N) is 2. The third-order valence-electron chi connectivity index (χ3n) is 3.73. The smallest absolute Gasteiger partial charge is 0.397 e. The highest BCUT2D eigenvalue weighted by Crippen LogP contribution is 1.99. The fraction of sp³-hybridized carbons (Fsp3) is 0.500. The molecule has 0 aliphatic heterocycles. The van der Waals surface area contributed by atoms with Gasteiger partial charge in [0, 0.05) is 39.3 Å². The van der Waals surface area contributed by atoms with Gasteiger partial charge in [0.2, 0.25) is 0 Å². The van der Waals surface area contributed by atoms with Gasteiger partial charge in [-0.3, -0.25) is 9.59 Å². The molecular weight excluding hydrogens is 428 g/mol. The average Bonchev–Trinajstić information content (AvgIpc) is 2.79. The van der Waals surface area contributed by atoms with Crippen molar-refractivity contribution in [2.45, 2.75) is 12.8 Å². The second-order valence-corrected chi connectivity index (χ2v) is 6.18. The number of likely N-dealkylation sites (N-methyl/N-ethyl adjacent to an activating group) is 2. The molecule has 0 aliphatic carbocycles. The van der Waals surface area contributed by atoms with Crippen LogP contribution < -0.4 is 0 Å². The molecule has 0 saturated carbocycles. The number of unbranched alkanes of at least 4 members (excludes halogenated alkanes) is 1. The lowest BCUT2D eigenvalue weighted by atomic mass is 10.2. The van der Waals surface area contributed by atoms with E-state index in [2.05, 4.69) is 22.6 Å². The van der Waals surface area contributed by atoms with Crippen LogP contribution in [-0.2, 0) is 47.7 Å². The van der Waals surface area contributed by atoms with Crippen LogP contribution in [0, 0.1) is 0 Å². The number of hydrogen-bond acceptors (Lipinski definition) is 10. The summed E-state index contributed by atoms with van der Waals surface area (Å²) in [4.78, 5) is 71.1. The van der Waals surface area contributed by atoms with Gasteiger partial charge in [-0.05, 0) is 12.8 Å². The lowest BCUT2D eigenvalue weighted by Gasteiger charge is -2.18. The number of carbonyl (C=O) groups is 6. The Morgan fingerprint density at radius 3 is 1.25 bits per heavy atom. The Morgan fingerprint density at radius 2 is 0.938 bits per heavy atom. The van der Waals surface area contributed by atoms with Crippen molar-refractivity contribution in [3.05, 3.63) is 25.3 Å². The first kappa shape index (κ1) is 28.3. The van der Waals surface area contributed by atoms with Crippen molar-refractivity contribution in [3.8, 4) is 0 Å². The van der Waals surface area contributed by atoms with E-state index < -0.39 is 35.7 Å². The molecule has 0 heterocycles. The van der Waals surface area contributed by atoms with Gasteiger partial charge in [0.05, 0.1) is 0 Å². The first-order chi connectivity index (χ1) is 15.1. The highest BCUT2D eigenvalue weighted by atomic mass is 16.6. The summed E-state index contributed by atoms with van der Waals surface area (Å²) in [7, 11) is 2.82. The van der Waals surface area contributed by atoms with Gasteiger partial charge in [0.1, 0.15) is 26.4 Å². The molecule has 0 fully saturated rings. The fourth-order valence-electron chi connectivity index (χ4n) is 2.01. The Kier molecular flexibility index (Phi) is 14.2. The van der Waals surface area contributed by atoms with Gasteiger partial charge in [-0.15, -0.1) is 0 Å². The van der Waals surface area contributed by atoms with Crippen molar-refractivity contribution in [2.24, 2.45) is 0 Å². The van der Waals surface area contributed by atoms with E-state index in [0.717, 1.165) is 22.0 Å². The zero-order valence-corrected chi connectivity index (χ0v) is 18.2. The Bertz CT molecular complexity index is 659. The molecule has 0 unspecified atom stereocenters. The predicted molar refractivity (Wildman–Crippen MR) is 109 cm³/mol. The van der Waals surface area contributed by atoms with Crippen LogP contribution in [0.1, 0.15) is 12.8 Å². The minimum absolute atomic E-state index is 0.198. The molecule has 0 aromatic carbocycles. The van der Waals surface area contributed by atoms with E-state index in [-0.39, 0.29) is 39.5 Å². The molecule has 0 N–H and O–H groups in total. The number of carbonyl (C=O) groups excluding carboxylic acids is 6. The number of esters is 4. The van der Waals surface area contributed by atoms with E-state index in [1.54, 1.807) is 0 Å². The lowest BCUT2D eigenvalue weighted by Crippen LogP contribution is -2.37. The summed E-state index contributed by atoms with van der Waals surface area (Å²) in [5.74, 6) is -5.26. The van der Waals surface area contributed by atoms with Crippen LogP contribution in [-0.4, -0.2) is 99.1 Å². The van der Waals surface area contributed by atoms with Crippen molar-refractivity contribution in [1.29, 1.82) is 0 Å². The first-order valence-electron chi connectivity index (χ1n) is 9.56. The summed E-state index contributed by atoms with van der Waals surface area (Å²) in [6, 6.07) is 0. The highest BCUT2D eigenvalue weighted by molar-refractivity contribution is 6.32. The summed E-state index contributed by atoms with van der Waals surface area (Å²) in [5.41, 5.74) is 0. The first-order valence-corrected chi connectivity index (χ1v) is 9.56. The molecule has 32 heavy (non-hydrogen) atoms. The minimum Gasteiger partial charge on any atom is -0.459 e. The molecule has 0 rings (SSSR count). The van der Waals surface area contributed by atoms with E-state index in [1.807, 2.05) is 0 Å². The Balaban J connectivity index is 4.07. The van der Waals surface area contributed by atoms with E-state index >= 15 is 0 Å². The van der Waals surface area contributed by atoms with Crippen LogP contribution >= 0.6 is 0 Å². The Hall–Kier alpha value is -3.70. The molecule has 0 spiro atoms. The van der Waals surface area contributed by atoms with Gasteiger partial charge in [-0.25, -0.2) is 19.2 Å². The van der Waals surface area contributed by atoms with Crippen molar-refractivity contribution < 1.29 is 47.7 Å². The second kappa shape index (κ2) is 16.1. The molecule has 0 aromatic heterocycles. The molecule has 0 aliphatic rings. The highest BCUT2D eigenvalue weighted by Gasteiger charge is 2.22. The second-order valence-electron chi connectivity index (χ2n) is 6.18. The van der Waals surface area contributed by atoms with Crippen molar-refractivity contribution in [1.82, 2.24) is 9.80 Å². The molecule has 0 atom stereocenters. The third kappa shape index (κ3) is 12.1. The number of rotatable bonds is 13. The summed E-state index contributed by atoms with van der Waals surface area (Å²) in [6.07, 6.45) is 2.80.